The van der Waals surface area contributed by atoms with E-state index >= 15 is 0 Å². The first-order valence-electron chi connectivity index (χ1n) is 6.27. The van der Waals surface area contributed by atoms with Crippen molar-refractivity contribution in [2.75, 3.05) is 0 Å². The van der Waals surface area contributed by atoms with Crippen LogP contribution in [0.4, 0.5) is 0 Å². The molecule has 3 rings (SSSR count). The van der Waals surface area contributed by atoms with Gasteiger partial charge in [-0.1, -0.05) is 60.4 Å². The largest absolute Gasteiger partial charge is 0.507 e. The maximum absolute atomic E-state index is 11.7. The lowest BCUT2D eigenvalue weighted by molar-refractivity contribution is -0.115. The molecular weight excluding hydrogens is 302 g/mol. The van der Waals surface area contributed by atoms with Gasteiger partial charge in [0.1, 0.15) is 10.1 Å². The molecule has 2 aromatic rings. The number of hydrogen-bond donors (Lipinski definition) is 2. The van der Waals surface area contributed by atoms with Crippen LogP contribution in [0.5, 0.6) is 5.75 Å². The lowest BCUT2D eigenvalue weighted by Gasteiger charge is -2.05. The van der Waals surface area contributed by atoms with Crippen LogP contribution in [0.2, 0.25) is 0 Å². The molecule has 0 aromatic heterocycles. The van der Waals surface area contributed by atoms with Gasteiger partial charge >= 0.3 is 0 Å². The summed E-state index contributed by atoms with van der Waals surface area (Å²) < 4.78 is 0.475. The highest BCUT2D eigenvalue weighted by Crippen LogP contribution is 2.31. The highest BCUT2D eigenvalue weighted by atomic mass is 32.2. The van der Waals surface area contributed by atoms with Crippen molar-refractivity contribution in [3.05, 3.63) is 59.0 Å². The predicted molar refractivity (Wildman–Crippen MR) is 89.9 cm³/mol. The fourth-order valence-corrected chi connectivity index (χ4v) is 3.13. The molecule has 1 saturated heterocycles. The van der Waals surface area contributed by atoms with Crippen molar-refractivity contribution in [1.29, 1.82) is 0 Å². The number of carbonyl (C=O) groups excluding carboxylic acids is 1. The van der Waals surface area contributed by atoms with Crippen molar-refractivity contribution in [3.8, 4) is 16.9 Å². The topological polar surface area (TPSA) is 49.3 Å². The Hall–Kier alpha value is -2.11. The fraction of sp³-hybridized carbons (Fsp3) is 0. The fourth-order valence-electron chi connectivity index (χ4n) is 2.09. The molecule has 0 bridgehead atoms. The van der Waals surface area contributed by atoms with Crippen LogP contribution in [0.15, 0.2) is 53.4 Å². The van der Waals surface area contributed by atoms with Gasteiger partial charge in [0.25, 0.3) is 5.91 Å². The molecule has 0 unspecified atom stereocenters. The third-order valence-corrected chi connectivity index (χ3v) is 4.20. The van der Waals surface area contributed by atoms with Crippen LogP contribution >= 0.6 is 24.0 Å². The zero-order valence-corrected chi connectivity index (χ0v) is 12.5. The maximum atomic E-state index is 11.7. The first kappa shape index (κ1) is 13.9. The lowest BCUT2D eigenvalue weighted by atomic mass is 10.0. The Kier molecular flexibility index (Phi) is 3.77. The number of carbonyl (C=O) groups is 1. The summed E-state index contributed by atoms with van der Waals surface area (Å²) in [6.45, 7) is 0. The molecule has 0 aliphatic carbocycles. The summed E-state index contributed by atoms with van der Waals surface area (Å²) >= 11 is 6.22. The van der Waals surface area contributed by atoms with Crippen molar-refractivity contribution < 1.29 is 9.90 Å². The predicted octanol–water partition coefficient (Wildman–Crippen LogP) is 3.55. The van der Waals surface area contributed by atoms with Gasteiger partial charge in [-0.15, -0.1) is 0 Å². The smallest absolute Gasteiger partial charge is 0.263 e. The minimum atomic E-state index is -0.169. The number of hydrogen-bond acceptors (Lipinski definition) is 4. The van der Waals surface area contributed by atoms with Gasteiger partial charge in [0.05, 0.1) is 4.91 Å². The van der Waals surface area contributed by atoms with E-state index in [1.54, 1.807) is 18.2 Å². The molecule has 3 nitrogen and oxygen atoms in total. The molecule has 104 valence electrons. The lowest BCUT2D eigenvalue weighted by Crippen LogP contribution is -2.17. The van der Waals surface area contributed by atoms with Crippen LogP contribution in [-0.2, 0) is 4.79 Å². The molecule has 1 amide bonds. The Morgan fingerprint density at radius 1 is 1.14 bits per heavy atom. The molecule has 1 fully saturated rings. The second-order valence-corrected chi connectivity index (χ2v) is 6.21. The Labute approximate surface area is 131 Å². The second-order valence-electron chi connectivity index (χ2n) is 4.49. The number of nitrogens with one attached hydrogen (secondary N) is 1. The van der Waals surface area contributed by atoms with E-state index in [9.17, 15) is 9.90 Å². The van der Waals surface area contributed by atoms with Crippen LogP contribution in [0.25, 0.3) is 17.2 Å². The molecule has 0 radical (unpaired) electrons. The van der Waals surface area contributed by atoms with Gasteiger partial charge in [-0.3, -0.25) is 4.79 Å². The summed E-state index contributed by atoms with van der Waals surface area (Å²) in [4.78, 5) is 12.2. The van der Waals surface area contributed by atoms with Gasteiger partial charge < -0.3 is 10.4 Å². The SMILES string of the molecule is O=C1NC(=S)S/C1=C\c1cccc(-c2ccccc2O)c1. The third kappa shape index (κ3) is 2.99. The van der Waals surface area contributed by atoms with Crippen LogP contribution in [0, 0.1) is 0 Å². The van der Waals surface area contributed by atoms with Gasteiger partial charge in [-0.05, 0) is 29.3 Å². The third-order valence-electron chi connectivity index (χ3n) is 3.04. The van der Waals surface area contributed by atoms with Crippen molar-refractivity contribution in [2.45, 2.75) is 0 Å². The summed E-state index contributed by atoms with van der Waals surface area (Å²) in [5.41, 5.74) is 2.54. The average molecular weight is 313 g/mol. The van der Waals surface area contributed by atoms with Gasteiger partial charge in [-0.2, -0.15) is 0 Å². The number of phenols is 1. The van der Waals surface area contributed by atoms with E-state index in [-0.39, 0.29) is 11.7 Å². The number of para-hydroxylation sites is 1. The van der Waals surface area contributed by atoms with E-state index in [1.807, 2.05) is 36.4 Å². The summed E-state index contributed by atoms with van der Waals surface area (Å²) in [5.74, 6) is 0.0643. The van der Waals surface area contributed by atoms with Crippen molar-refractivity contribution in [1.82, 2.24) is 5.32 Å². The first-order chi connectivity index (χ1) is 10.1. The van der Waals surface area contributed by atoms with E-state index in [1.165, 1.54) is 11.8 Å². The van der Waals surface area contributed by atoms with Gasteiger partial charge in [0, 0.05) is 5.56 Å². The Bertz CT molecular complexity index is 768. The number of thioether (sulfide) groups is 1. The summed E-state index contributed by atoms with van der Waals surface area (Å²) in [6, 6.07) is 14.8. The number of phenolic OH excluding ortho intramolecular Hbond substituents is 1. The normalized spacial score (nSPS) is 16.3. The van der Waals surface area contributed by atoms with Crippen molar-refractivity contribution in [3.63, 3.8) is 0 Å². The Balaban J connectivity index is 1.98. The summed E-state index contributed by atoms with van der Waals surface area (Å²) in [7, 11) is 0. The molecule has 21 heavy (non-hydrogen) atoms. The molecule has 0 spiro atoms. The highest BCUT2D eigenvalue weighted by Gasteiger charge is 2.21. The number of amides is 1. The van der Waals surface area contributed by atoms with Crippen LogP contribution < -0.4 is 5.32 Å². The van der Waals surface area contributed by atoms with E-state index in [0.717, 1.165) is 16.7 Å². The number of rotatable bonds is 2. The average Bonchev–Trinajstić information content (AvgIpc) is 2.78. The number of aromatic hydroxyl groups is 1. The van der Waals surface area contributed by atoms with E-state index in [0.29, 0.717) is 9.23 Å². The Morgan fingerprint density at radius 3 is 2.67 bits per heavy atom. The monoisotopic (exact) mass is 313 g/mol. The molecular formula is C16H11NO2S2. The van der Waals surface area contributed by atoms with Crippen molar-refractivity contribution in [2.24, 2.45) is 0 Å². The molecule has 1 aliphatic heterocycles. The maximum Gasteiger partial charge on any atom is 0.263 e. The number of benzene rings is 2. The second kappa shape index (κ2) is 5.71. The molecule has 2 aromatic carbocycles. The zero-order valence-electron chi connectivity index (χ0n) is 10.9. The van der Waals surface area contributed by atoms with Gasteiger partial charge in [-0.25, -0.2) is 0 Å². The molecule has 0 atom stereocenters. The highest BCUT2D eigenvalue weighted by molar-refractivity contribution is 8.26. The summed E-state index contributed by atoms with van der Waals surface area (Å²) in [5, 5.41) is 12.5. The minimum Gasteiger partial charge on any atom is -0.507 e. The molecule has 1 aliphatic rings. The van der Waals surface area contributed by atoms with Crippen LogP contribution in [-0.4, -0.2) is 15.3 Å². The Morgan fingerprint density at radius 2 is 1.95 bits per heavy atom. The minimum absolute atomic E-state index is 0.169. The van der Waals surface area contributed by atoms with Crippen molar-refractivity contribution >= 4 is 40.3 Å². The molecule has 2 N–H and O–H groups in total. The van der Waals surface area contributed by atoms with Gasteiger partial charge in [0.15, 0.2) is 0 Å². The van der Waals surface area contributed by atoms with E-state index in [2.05, 4.69) is 5.32 Å². The molecule has 0 saturated carbocycles. The number of thiocarbonyl (C=S) groups is 1. The summed E-state index contributed by atoms with van der Waals surface area (Å²) in [6.07, 6.45) is 1.79. The van der Waals surface area contributed by atoms with E-state index < -0.39 is 0 Å². The van der Waals surface area contributed by atoms with E-state index in [4.69, 9.17) is 12.2 Å². The van der Waals surface area contributed by atoms with Gasteiger partial charge in [0.2, 0.25) is 0 Å². The first-order valence-corrected chi connectivity index (χ1v) is 7.49. The quantitative estimate of drug-likeness (QED) is 0.657. The van der Waals surface area contributed by atoms with Crippen LogP contribution in [0.1, 0.15) is 5.56 Å². The standard InChI is InChI=1S/C16H11NO2S2/c18-13-7-2-1-6-12(13)11-5-3-4-10(8-11)9-14-15(19)17-16(20)21-14/h1-9,18H,(H,17,19,20)/b14-9-. The van der Waals surface area contributed by atoms with Crippen LogP contribution in [0.3, 0.4) is 0 Å². The molecule has 5 heteroatoms. The molecule has 1 heterocycles. The zero-order chi connectivity index (χ0) is 14.8.